The Hall–Kier alpha value is -1.69. The third kappa shape index (κ3) is 8.76. The van der Waals surface area contributed by atoms with Gasteiger partial charge in [0.15, 0.2) is 0 Å². The third-order valence-electron chi connectivity index (χ3n) is 4.77. The third-order valence-corrected chi connectivity index (χ3v) is 6.49. The lowest BCUT2D eigenvalue weighted by molar-refractivity contribution is -0.140. The molecule has 0 aliphatic heterocycles. The molecule has 0 saturated heterocycles. The molecule has 0 heterocycles. The van der Waals surface area contributed by atoms with Crippen molar-refractivity contribution in [1.82, 2.24) is 10.2 Å². The van der Waals surface area contributed by atoms with Crippen LogP contribution in [0.25, 0.3) is 0 Å². The normalized spacial score (nSPS) is 11.9. The van der Waals surface area contributed by atoms with Gasteiger partial charge in [-0.05, 0) is 60.9 Å². The van der Waals surface area contributed by atoms with Gasteiger partial charge >= 0.3 is 0 Å². The van der Waals surface area contributed by atoms with Crippen molar-refractivity contribution in [3.05, 3.63) is 64.1 Å². The van der Waals surface area contributed by atoms with Crippen LogP contribution in [0, 0.1) is 5.92 Å². The molecule has 0 aliphatic carbocycles. The summed E-state index contributed by atoms with van der Waals surface area (Å²) in [7, 11) is 0. The molecule has 4 nitrogen and oxygen atoms in total. The first-order chi connectivity index (χ1) is 14.8. The number of amides is 2. The van der Waals surface area contributed by atoms with Crippen molar-refractivity contribution < 1.29 is 9.59 Å². The molecule has 2 aromatic carbocycles. The van der Waals surface area contributed by atoms with Crippen LogP contribution in [0.2, 0.25) is 10.0 Å². The second-order valence-corrected chi connectivity index (χ2v) is 9.85. The van der Waals surface area contributed by atoms with E-state index in [-0.39, 0.29) is 11.8 Å². The van der Waals surface area contributed by atoms with Crippen LogP contribution < -0.4 is 5.32 Å². The minimum Gasteiger partial charge on any atom is -0.354 e. The number of halogens is 2. The largest absolute Gasteiger partial charge is 0.354 e. The van der Waals surface area contributed by atoms with E-state index in [1.54, 1.807) is 29.7 Å². The van der Waals surface area contributed by atoms with E-state index < -0.39 is 6.04 Å². The molecule has 2 rings (SSSR count). The summed E-state index contributed by atoms with van der Waals surface area (Å²) >= 11 is 13.9. The number of rotatable bonds is 11. The van der Waals surface area contributed by atoms with Gasteiger partial charge in [0.1, 0.15) is 6.04 Å². The van der Waals surface area contributed by atoms with E-state index in [0.29, 0.717) is 41.9 Å². The van der Waals surface area contributed by atoms with Crippen LogP contribution in [0.5, 0.6) is 0 Å². The lowest BCUT2D eigenvalue weighted by Gasteiger charge is -2.29. The van der Waals surface area contributed by atoms with Crippen molar-refractivity contribution in [2.24, 2.45) is 5.92 Å². The highest BCUT2D eigenvalue weighted by atomic mass is 35.5. The van der Waals surface area contributed by atoms with Crippen molar-refractivity contribution in [1.29, 1.82) is 0 Å². The van der Waals surface area contributed by atoms with Gasteiger partial charge in [0.05, 0.1) is 0 Å². The van der Waals surface area contributed by atoms with E-state index in [4.69, 9.17) is 23.2 Å². The molecule has 31 heavy (non-hydrogen) atoms. The Balaban J connectivity index is 2.00. The first-order valence-electron chi connectivity index (χ1n) is 10.5. The van der Waals surface area contributed by atoms with Crippen LogP contribution >= 0.6 is 35.0 Å². The van der Waals surface area contributed by atoms with Crippen molar-refractivity contribution in [3.8, 4) is 0 Å². The smallest absolute Gasteiger partial charge is 0.242 e. The Labute approximate surface area is 199 Å². The van der Waals surface area contributed by atoms with Gasteiger partial charge in [-0.1, -0.05) is 55.2 Å². The first-order valence-corrected chi connectivity index (χ1v) is 12.2. The Morgan fingerprint density at radius 1 is 1.03 bits per heavy atom. The number of thioether (sulfide) groups is 1. The minimum absolute atomic E-state index is 0.0520. The first kappa shape index (κ1) is 25.6. The number of hydrogen-bond acceptors (Lipinski definition) is 3. The SMILES string of the molecule is CC(C)CNC(=O)C(C)N(Cc1ccccc1Cl)C(=O)CCCSc1ccc(Cl)cc1. The second-order valence-electron chi connectivity index (χ2n) is 7.83. The molecule has 2 amide bonds. The highest BCUT2D eigenvalue weighted by molar-refractivity contribution is 7.99. The zero-order valence-corrected chi connectivity index (χ0v) is 20.6. The van der Waals surface area contributed by atoms with Crippen LogP contribution in [-0.2, 0) is 16.1 Å². The summed E-state index contributed by atoms with van der Waals surface area (Å²) in [5.41, 5.74) is 0.830. The average Bonchev–Trinajstić information content (AvgIpc) is 2.75. The fraction of sp³-hybridized carbons (Fsp3) is 0.417. The molecule has 0 saturated carbocycles. The maximum absolute atomic E-state index is 13.1. The molecule has 0 aliphatic rings. The molecule has 0 fully saturated rings. The molecular formula is C24H30Cl2N2O2S. The predicted octanol–water partition coefficient (Wildman–Crippen LogP) is 6.06. The highest BCUT2D eigenvalue weighted by Crippen LogP contribution is 2.23. The van der Waals surface area contributed by atoms with Crippen LogP contribution in [-0.4, -0.2) is 35.1 Å². The van der Waals surface area contributed by atoms with E-state index in [1.807, 2.05) is 56.3 Å². The zero-order chi connectivity index (χ0) is 22.8. The van der Waals surface area contributed by atoms with Gasteiger partial charge in [-0.2, -0.15) is 0 Å². The highest BCUT2D eigenvalue weighted by Gasteiger charge is 2.26. The van der Waals surface area contributed by atoms with Crippen LogP contribution in [0.15, 0.2) is 53.4 Å². The number of hydrogen-bond donors (Lipinski definition) is 1. The van der Waals surface area contributed by atoms with Gasteiger partial charge in [0.2, 0.25) is 11.8 Å². The van der Waals surface area contributed by atoms with E-state index in [9.17, 15) is 9.59 Å². The Morgan fingerprint density at radius 3 is 2.35 bits per heavy atom. The van der Waals surface area contributed by atoms with E-state index in [0.717, 1.165) is 16.2 Å². The number of carbonyl (C=O) groups excluding carboxylic acids is 2. The van der Waals surface area contributed by atoms with Crippen molar-refractivity contribution >= 4 is 46.8 Å². The fourth-order valence-electron chi connectivity index (χ4n) is 2.93. The summed E-state index contributed by atoms with van der Waals surface area (Å²) in [6.45, 7) is 6.73. The van der Waals surface area contributed by atoms with Crippen LogP contribution in [0.3, 0.4) is 0 Å². The Morgan fingerprint density at radius 2 is 1.71 bits per heavy atom. The van der Waals surface area contributed by atoms with Gasteiger partial charge in [-0.15, -0.1) is 11.8 Å². The van der Waals surface area contributed by atoms with Crippen molar-refractivity contribution in [2.75, 3.05) is 12.3 Å². The molecular weight excluding hydrogens is 451 g/mol. The fourth-order valence-corrected chi connectivity index (χ4v) is 4.11. The zero-order valence-electron chi connectivity index (χ0n) is 18.2. The molecule has 0 spiro atoms. The summed E-state index contributed by atoms with van der Waals surface area (Å²) in [6, 6.07) is 14.5. The maximum Gasteiger partial charge on any atom is 0.242 e. The maximum atomic E-state index is 13.1. The quantitative estimate of drug-likeness (QED) is 0.314. The second kappa shape index (κ2) is 13.0. The summed E-state index contributed by atoms with van der Waals surface area (Å²) in [5, 5.41) is 4.23. The molecule has 0 bridgehead atoms. The number of benzene rings is 2. The van der Waals surface area contributed by atoms with Gasteiger partial charge < -0.3 is 10.2 Å². The molecule has 1 atom stereocenters. The molecule has 1 N–H and O–H groups in total. The number of nitrogens with zero attached hydrogens (tertiary/aromatic N) is 1. The predicted molar refractivity (Wildman–Crippen MR) is 131 cm³/mol. The van der Waals surface area contributed by atoms with Gasteiger partial charge in [-0.3, -0.25) is 9.59 Å². The van der Waals surface area contributed by atoms with Gasteiger partial charge in [0.25, 0.3) is 0 Å². The minimum atomic E-state index is -0.577. The van der Waals surface area contributed by atoms with Crippen LogP contribution in [0.1, 0.15) is 39.2 Å². The number of carbonyl (C=O) groups is 2. The Bertz CT molecular complexity index is 859. The van der Waals surface area contributed by atoms with E-state index in [2.05, 4.69) is 5.32 Å². The van der Waals surface area contributed by atoms with Crippen molar-refractivity contribution in [2.45, 2.75) is 51.1 Å². The summed E-state index contributed by atoms with van der Waals surface area (Å²) in [4.78, 5) is 28.5. The van der Waals surface area contributed by atoms with E-state index >= 15 is 0 Å². The molecule has 168 valence electrons. The molecule has 0 radical (unpaired) electrons. The average molecular weight is 481 g/mol. The monoisotopic (exact) mass is 480 g/mol. The number of nitrogens with one attached hydrogen (secondary N) is 1. The van der Waals surface area contributed by atoms with E-state index in [1.165, 1.54) is 0 Å². The van der Waals surface area contributed by atoms with Crippen LogP contribution in [0.4, 0.5) is 0 Å². The summed E-state index contributed by atoms with van der Waals surface area (Å²) in [5.74, 6) is 0.948. The standard InChI is InChI=1S/C24H30Cl2N2O2S/c1-17(2)15-27-24(30)18(3)28(16-19-7-4-5-8-22(19)26)23(29)9-6-14-31-21-12-10-20(25)11-13-21/h4-5,7-8,10-13,17-18H,6,9,14-16H2,1-3H3,(H,27,30). The van der Waals surface area contributed by atoms with Crippen molar-refractivity contribution in [3.63, 3.8) is 0 Å². The van der Waals surface area contributed by atoms with Gasteiger partial charge in [0, 0.05) is 34.5 Å². The topological polar surface area (TPSA) is 49.4 Å². The molecule has 0 aromatic heterocycles. The lowest BCUT2D eigenvalue weighted by atomic mass is 10.1. The molecule has 1 unspecified atom stereocenters. The summed E-state index contributed by atoms with van der Waals surface area (Å²) < 4.78 is 0. The molecule has 2 aromatic rings. The lowest BCUT2D eigenvalue weighted by Crippen LogP contribution is -2.48. The molecule has 7 heteroatoms. The van der Waals surface area contributed by atoms with Gasteiger partial charge in [-0.25, -0.2) is 0 Å². The Kier molecular flexibility index (Phi) is 10.7. The summed E-state index contributed by atoms with van der Waals surface area (Å²) in [6.07, 6.45) is 1.08.